The van der Waals surface area contributed by atoms with Crippen molar-refractivity contribution in [2.75, 3.05) is 30.3 Å². The summed E-state index contributed by atoms with van der Waals surface area (Å²) in [6.07, 6.45) is 0. The van der Waals surface area contributed by atoms with Crippen molar-refractivity contribution in [3.63, 3.8) is 0 Å². The summed E-state index contributed by atoms with van der Waals surface area (Å²) in [5.74, 6) is -0.724. The lowest BCUT2D eigenvalue weighted by atomic mass is 10.0. The Hall–Kier alpha value is -0.580. The standard InChI is InChI=1S/C15H30N4O3S3/c1-5-16-12(21)15(4,9-25)19-11(20)10(7-23)18-13(22)14(3,8-24)17-6-2/h10,17,23-25H,5-9H2,1-4H3,(H,16,21)(H,18,22)(H,19,20)/t10-,14-,15-/m1/s1. The van der Waals surface area contributed by atoms with E-state index in [1.165, 1.54) is 0 Å². The maximum Gasteiger partial charge on any atom is 0.246 e. The SMILES string of the molecule is CCNC(=O)[C@@](C)(CS)NC(=O)[C@@H](CS)NC(=O)[C@@](C)(CS)NCC. The maximum atomic E-state index is 12.5. The monoisotopic (exact) mass is 410 g/mol. The molecule has 0 saturated heterocycles. The summed E-state index contributed by atoms with van der Waals surface area (Å²) in [4.78, 5) is 37.2. The van der Waals surface area contributed by atoms with E-state index >= 15 is 0 Å². The van der Waals surface area contributed by atoms with Crippen molar-refractivity contribution < 1.29 is 14.4 Å². The molecule has 0 unspecified atom stereocenters. The summed E-state index contributed by atoms with van der Waals surface area (Å²) < 4.78 is 0. The first kappa shape index (κ1) is 24.4. The summed E-state index contributed by atoms with van der Waals surface area (Å²) in [6, 6.07) is -0.887. The quantitative estimate of drug-likeness (QED) is 0.237. The Kier molecular flexibility index (Phi) is 10.9. The van der Waals surface area contributed by atoms with Crippen molar-refractivity contribution in [3.05, 3.63) is 0 Å². The average Bonchev–Trinajstić information content (AvgIpc) is 2.59. The molecule has 0 rings (SSSR count). The van der Waals surface area contributed by atoms with E-state index in [1.54, 1.807) is 20.8 Å². The summed E-state index contributed by atoms with van der Waals surface area (Å²) in [5.41, 5.74) is -2.09. The molecule has 0 spiro atoms. The summed E-state index contributed by atoms with van der Waals surface area (Å²) in [7, 11) is 0. The van der Waals surface area contributed by atoms with Gasteiger partial charge >= 0.3 is 0 Å². The summed E-state index contributed by atoms with van der Waals surface area (Å²) >= 11 is 12.5. The molecule has 0 bridgehead atoms. The number of likely N-dealkylation sites (N-methyl/N-ethyl adjacent to an activating group) is 2. The van der Waals surface area contributed by atoms with Gasteiger partial charge in [-0.25, -0.2) is 0 Å². The lowest BCUT2D eigenvalue weighted by Crippen LogP contribution is -2.64. The molecule has 0 aromatic heterocycles. The minimum Gasteiger partial charge on any atom is -0.354 e. The van der Waals surface area contributed by atoms with Gasteiger partial charge < -0.3 is 21.3 Å². The van der Waals surface area contributed by atoms with Crippen LogP contribution < -0.4 is 21.3 Å². The number of rotatable bonds is 11. The first-order chi connectivity index (χ1) is 11.6. The van der Waals surface area contributed by atoms with E-state index < -0.39 is 23.0 Å². The molecular weight excluding hydrogens is 380 g/mol. The number of thiol groups is 3. The first-order valence-corrected chi connectivity index (χ1v) is 10.0. The van der Waals surface area contributed by atoms with Crippen molar-refractivity contribution in [1.29, 1.82) is 0 Å². The van der Waals surface area contributed by atoms with Gasteiger partial charge in [0.05, 0.1) is 0 Å². The van der Waals surface area contributed by atoms with E-state index in [9.17, 15) is 14.4 Å². The van der Waals surface area contributed by atoms with E-state index in [1.807, 2.05) is 6.92 Å². The zero-order valence-corrected chi connectivity index (χ0v) is 17.9. The molecule has 4 N–H and O–H groups in total. The third-order valence-corrected chi connectivity index (χ3v) is 5.37. The van der Waals surface area contributed by atoms with Crippen LogP contribution in [0.5, 0.6) is 0 Å². The van der Waals surface area contributed by atoms with E-state index in [0.29, 0.717) is 13.1 Å². The van der Waals surface area contributed by atoms with Gasteiger partial charge in [-0.05, 0) is 27.3 Å². The second-order valence-electron chi connectivity index (χ2n) is 6.07. The number of nitrogens with one attached hydrogen (secondary N) is 4. The van der Waals surface area contributed by atoms with Crippen molar-refractivity contribution in [2.45, 2.75) is 44.8 Å². The molecule has 0 aliphatic rings. The van der Waals surface area contributed by atoms with Crippen LogP contribution in [0.3, 0.4) is 0 Å². The molecule has 0 aromatic carbocycles. The molecule has 10 heteroatoms. The Morgan fingerprint density at radius 2 is 1.48 bits per heavy atom. The van der Waals surface area contributed by atoms with Crippen LogP contribution in [0.2, 0.25) is 0 Å². The van der Waals surface area contributed by atoms with Crippen molar-refractivity contribution in [1.82, 2.24) is 21.3 Å². The minimum absolute atomic E-state index is 0.0877. The smallest absolute Gasteiger partial charge is 0.246 e. The van der Waals surface area contributed by atoms with Gasteiger partial charge in [0.25, 0.3) is 0 Å². The van der Waals surface area contributed by atoms with Crippen LogP contribution in [0, 0.1) is 0 Å². The van der Waals surface area contributed by atoms with Gasteiger partial charge in [-0.1, -0.05) is 6.92 Å². The normalized spacial score (nSPS) is 16.9. The number of hydrogen-bond donors (Lipinski definition) is 7. The highest BCUT2D eigenvalue weighted by Crippen LogP contribution is 2.10. The molecule has 3 atom stereocenters. The molecule has 7 nitrogen and oxygen atoms in total. The van der Waals surface area contributed by atoms with Crippen LogP contribution >= 0.6 is 37.9 Å². The fourth-order valence-corrected chi connectivity index (χ4v) is 2.73. The summed E-state index contributed by atoms with van der Waals surface area (Å²) in [6.45, 7) is 7.97. The zero-order chi connectivity index (χ0) is 19.7. The fraction of sp³-hybridized carbons (Fsp3) is 0.800. The molecule has 0 radical (unpaired) electrons. The third-order valence-electron chi connectivity index (χ3n) is 3.74. The molecule has 0 saturated carbocycles. The molecule has 25 heavy (non-hydrogen) atoms. The van der Waals surface area contributed by atoms with Crippen LogP contribution in [0.15, 0.2) is 0 Å². The Labute approximate surface area is 166 Å². The van der Waals surface area contributed by atoms with Crippen molar-refractivity contribution in [2.24, 2.45) is 0 Å². The van der Waals surface area contributed by atoms with Crippen LogP contribution in [-0.4, -0.2) is 65.2 Å². The van der Waals surface area contributed by atoms with Gasteiger partial charge in [0.2, 0.25) is 17.7 Å². The van der Waals surface area contributed by atoms with Crippen molar-refractivity contribution >= 4 is 55.6 Å². The lowest BCUT2D eigenvalue weighted by molar-refractivity contribution is -0.135. The van der Waals surface area contributed by atoms with E-state index in [2.05, 4.69) is 59.2 Å². The average molecular weight is 411 g/mol. The molecule has 0 heterocycles. The highest BCUT2D eigenvalue weighted by atomic mass is 32.1. The lowest BCUT2D eigenvalue weighted by Gasteiger charge is -2.32. The van der Waals surface area contributed by atoms with Crippen LogP contribution in [0.1, 0.15) is 27.7 Å². The van der Waals surface area contributed by atoms with Gasteiger partial charge in [0.15, 0.2) is 0 Å². The third kappa shape index (κ3) is 6.92. The van der Waals surface area contributed by atoms with E-state index in [4.69, 9.17) is 0 Å². The summed E-state index contributed by atoms with van der Waals surface area (Å²) in [5, 5.41) is 11.0. The zero-order valence-electron chi connectivity index (χ0n) is 15.2. The van der Waals surface area contributed by atoms with Crippen LogP contribution in [0.4, 0.5) is 0 Å². The predicted octanol–water partition coefficient (Wildman–Crippen LogP) is -0.360. The van der Waals surface area contributed by atoms with Gasteiger partial charge in [-0.2, -0.15) is 37.9 Å². The van der Waals surface area contributed by atoms with E-state index in [0.717, 1.165) is 0 Å². The van der Waals surface area contributed by atoms with Gasteiger partial charge in [-0.15, -0.1) is 0 Å². The Bertz CT molecular complexity index is 481. The number of carbonyl (C=O) groups is 3. The Morgan fingerprint density at radius 1 is 0.920 bits per heavy atom. The Morgan fingerprint density at radius 3 is 1.88 bits per heavy atom. The largest absolute Gasteiger partial charge is 0.354 e. The maximum absolute atomic E-state index is 12.5. The number of amides is 3. The highest BCUT2D eigenvalue weighted by Gasteiger charge is 2.37. The first-order valence-electron chi connectivity index (χ1n) is 8.13. The van der Waals surface area contributed by atoms with Crippen LogP contribution in [-0.2, 0) is 14.4 Å². The molecule has 0 aliphatic carbocycles. The van der Waals surface area contributed by atoms with E-state index in [-0.39, 0.29) is 29.1 Å². The second kappa shape index (κ2) is 11.2. The van der Waals surface area contributed by atoms with Gasteiger partial charge in [-0.3, -0.25) is 14.4 Å². The number of carbonyl (C=O) groups excluding carboxylic acids is 3. The Balaban J connectivity index is 5.13. The molecular formula is C15H30N4O3S3. The minimum atomic E-state index is -1.18. The molecule has 0 fully saturated rings. The fourth-order valence-electron chi connectivity index (χ4n) is 1.99. The predicted molar refractivity (Wildman–Crippen MR) is 111 cm³/mol. The van der Waals surface area contributed by atoms with Gasteiger partial charge in [0, 0.05) is 23.8 Å². The molecule has 146 valence electrons. The molecule has 0 aliphatic heterocycles. The van der Waals surface area contributed by atoms with Crippen molar-refractivity contribution in [3.8, 4) is 0 Å². The number of hydrogen-bond acceptors (Lipinski definition) is 7. The van der Waals surface area contributed by atoms with Crippen LogP contribution in [0.25, 0.3) is 0 Å². The highest BCUT2D eigenvalue weighted by molar-refractivity contribution is 7.80. The van der Waals surface area contributed by atoms with Gasteiger partial charge in [0.1, 0.15) is 17.1 Å². The topological polar surface area (TPSA) is 99.3 Å². The second-order valence-corrected chi connectivity index (χ2v) is 7.07. The molecule has 3 amide bonds. The molecule has 0 aromatic rings.